The standard InChI is InChI=1S/C53H32N6OS/c60-49-40-21-11-13-23-47(40)61-48-32-43-46(31-42(48)49)59(38-28-29-45-41(30-38)39-20-10-12-22-44(39)58(45)37-18-8-3-9-19-37)53(54-43)36-26-24-35(25-27-36)52-56-50(33-14-4-1-5-15-33)55-51(57-52)34-16-6-2-7-17-34/h1-32H. The molecule has 0 unspecified atom stereocenters. The van der Waals surface area contributed by atoms with Crippen molar-refractivity contribution in [2.24, 2.45) is 0 Å². The first-order chi connectivity index (χ1) is 30.1. The predicted molar refractivity (Wildman–Crippen MR) is 250 cm³/mol. The van der Waals surface area contributed by atoms with Gasteiger partial charge in [-0.25, -0.2) is 19.9 Å². The van der Waals surface area contributed by atoms with E-state index in [0.29, 0.717) is 22.9 Å². The smallest absolute Gasteiger partial charge is 0.195 e. The van der Waals surface area contributed by atoms with Gasteiger partial charge in [0.2, 0.25) is 0 Å². The van der Waals surface area contributed by atoms with Gasteiger partial charge in [-0.3, -0.25) is 9.36 Å². The highest BCUT2D eigenvalue weighted by Gasteiger charge is 2.20. The number of fused-ring (bicyclic) bond motifs is 6. The van der Waals surface area contributed by atoms with Gasteiger partial charge in [-0.2, -0.15) is 0 Å². The van der Waals surface area contributed by atoms with E-state index in [1.165, 1.54) is 0 Å². The monoisotopic (exact) mass is 800 g/mol. The first-order valence-corrected chi connectivity index (χ1v) is 20.9. The molecule has 0 atom stereocenters. The Morgan fingerprint density at radius 2 is 0.918 bits per heavy atom. The molecule has 0 bridgehead atoms. The predicted octanol–water partition coefficient (Wildman–Crippen LogP) is 12.7. The maximum atomic E-state index is 14.1. The topological polar surface area (TPSA) is 78.5 Å². The number of hydrogen-bond donors (Lipinski definition) is 0. The van der Waals surface area contributed by atoms with Crippen molar-refractivity contribution in [2.45, 2.75) is 0 Å². The summed E-state index contributed by atoms with van der Waals surface area (Å²) in [5.41, 5.74) is 9.56. The van der Waals surface area contributed by atoms with Crippen molar-refractivity contribution in [2.75, 3.05) is 0 Å². The Kier molecular flexibility index (Phi) is 8.04. The molecule has 12 rings (SSSR count). The first-order valence-electron chi connectivity index (χ1n) is 20.1. The number of nitrogens with zero attached hydrogens (tertiary/aromatic N) is 6. The lowest BCUT2D eigenvalue weighted by Gasteiger charge is -2.12. The largest absolute Gasteiger partial charge is 0.309 e. The van der Waals surface area contributed by atoms with Crippen molar-refractivity contribution in [3.63, 3.8) is 0 Å². The molecule has 0 amide bonds. The highest BCUT2D eigenvalue weighted by Crippen LogP contribution is 2.38. The van der Waals surface area contributed by atoms with E-state index in [1.807, 2.05) is 97.1 Å². The Hall–Kier alpha value is -8.07. The minimum Gasteiger partial charge on any atom is -0.309 e. The van der Waals surface area contributed by atoms with Crippen molar-refractivity contribution in [1.82, 2.24) is 29.1 Å². The summed E-state index contributed by atoms with van der Waals surface area (Å²) in [6.07, 6.45) is 0. The summed E-state index contributed by atoms with van der Waals surface area (Å²) in [6.45, 7) is 0. The Bertz CT molecular complexity index is 3650. The molecule has 8 aromatic carbocycles. The van der Waals surface area contributed by atoms with Crippen LogP contribution >= 0.6 is 11.3 Å². The highest BCUT2D eigenvalue weighted by molar-refractivity contribution is 7.24. The Morgan fingerprint density at radius 3 is 1.61 bits per heavy atom. The van der Waals surface area contributed by atoms with E-state index in [0.717, 1.165) is 87.1 Å². The third kappa shape index (κ3) is 5.84. The van der Waals surface area contributed by atoms with E-state index in [2.05, 4.69) is 106 Å². The van der Waals surface area contributed by atoms with Crippen LogP contribution in [0, 0.1) is 0 Å². The van der Waals surface area contributed by atoms with Crippen LogP contribution in [0.5, 0.6) is 0 Å². The lowest BCUT2D eigenvalue weighted by atomic mass is 10.1. The highest BCUT2D eigenvalue weighted by atomic mass is 32.1. The molecule has 0 aliphatic carbocycles. The molecule has 0 fully saturated rings. The van der Waals surface area contributed by atoms with Gasteiger partial charge in [0.25, 0.3) is 0 Å². The van der Waals surface area contributed by atoms with Crippen LogP contribution in [0.15, 0.2) is 199 Å². The second-order valence-corrected chi connectivity index (χ2v) is 16.1. The minimum absolute atomic E-state index is 0.0216. The summed E-state index contributed by atoms with van der Waals surface area (Å²) in [6, 6.07) is 65.8. The van der Waals surface area contributed by atoms with Crippen LogP contribution in [0.3, 0.4) is 0 Å². The molecule has 12 aromatic rings. The van der Waals surface area contributed by atoms with Crippen molar-refractivity contribution in [3.05, 3.63) is 204 Å². The lowest BCUT2D eigenvalue weighted by molar-refractivity contribution is 1.07. The molecule has 7 nitrogen and oxygen atoms in total. The third-order valence-corrected chi connectivity index (χ3v) is 12.5. The maximum Gasteiger partial charge on any atom is 0.195 e. The number of rotatable bonds is 6. The average Bonchev–Trinajstić information content (AvgIpc) is 3.87. The Balaban J connectivity index is 1.06. The zero-order valence-electron chi connectivity index (χ0n) is 32.5. The van der Waals surface area contributed by atoms with Gasteiger partial charge >= 0.3 is 0 Å². The molecule has 4 heterocycles. The van der Waals surface area contributed by atoms with E-state index >= 15 is 0 Å². The van der Waals surface area contributed by atoms with Crippen LogP contribution in [0.2, 0.25) is 0 Å². The molecular weight excluding hydrogens is 769 g/mol. The summed E-state index contributed by atoms with van der Waals surface area (Å²) in [5.74, 6) is 2.56. The summed E-state index contributed by atoms with van der Waals surface area (Å²) in [5, 5.41) is 3.68. The molecular formula is C53H32N6OS. The molecule has 0 aliphatic heterocycles. The van der Waals surface area contributed by atoms with Crippen LogP contribution < -0.4 is 5.43 Å². The zero-order chi connectivity index (χ0) is 40.4. The van der Waals surface area contributed by atoms with Crippen LogP contribution in [0.4, 0.5) is 0 Å². The Morgan fingerprint density at radius 1 is 0.361 bits per heavy atom. The quantitative estimate of drug-likeness (QED) is 0.157. The normalized spacial score (nSPS) is 11.7. The molecule has 0 aliphatic rings. The van der Waals surface area contributed by atoms with Gasteiger partial charge in [0.05, 0.1) is 22.1 Å². The van der Waals surface area contributed by atoms with Crippen molar-refractivity contribution >= 4 is 64.3 Å². The van der Waals surface area contributed by atoms with Gasteiger partial charge in [0, 0.05) is 64.6 Å². The molecule has 0 spiro atoms. The molecule has 0 radical (unpaired) electrons. The van der Waals surface area contributed by atoms with Crippen molar-refractivity contribution in [3.8, 4) is 56.9 Å². The third-order valence-electron chi connectivity index (χ3n) is 11.4. The molecule has 0 N–H and O–H groups in total. The van der Waals surface area contributed by atoms with Crippen LogP contribution in [0.1, 0.15) is 0 Å². The van der Waals surface area contributed by atoms with Gasteiger partial charge in [-0.05, 0) is 60.7 Å². The van der Waals surface area contributed by atoms with Crippen LogP contribution in [0.25, 0.3) is 110 Å². The molecule has 4 aromatic heterocycles. The molecule has 61 heavy (non-hydrogen) atoms. The number of aromatic nitrogens is 6. The number of hydrogen-bond acceptors (Lipinski definition) is 6. The Labute approximate surface area is 353 Å². The molecule has 8 heteroatoms. The number of benzene rings is 8. The number of para-hydroxylation sites is 2. The van der Waals surface area contributed by atoms with E-state index < -0.39 is 0 Å². The van der Waals surface area contributed by atoms with E-state index in [4.69, 9.17) is 19.9 Å². The van der Waals surface area contributed by atoms with Crippen LogP contribution in [-0.4, -0.2) is 29.1 Å². The van der Waals surface area contributed by atoms with Crippen molar-refractivity contribution in [1.29, 1.82) is 0 Å². The minimum atomic E-state index is 0.0216. The van der Waals surface area contributed by atoms with E-state index in [9.17, 15) is 4.79 Å². The summed E-state index contributed by atoms with van der Waals surface area (Å²) in [4.78, 5) is 34.2. The summed E-state index contributed by atoms with van der Waals surface area (Å²) in [7, 11) is 0. The lowest BCUT2D eigenvalue weighted by Crippen LogP contribution is -2.02. The van der Waals surface area contributed by atoms with Gasteiger partial charge in [0.15, 0.2) is 22.9 Å². The fourth-order valence-electron chi connectivity index (χ4n) is 8.49. The zero-order valence-corrected chi connectivity index (χ0v) is 33.3. The number of imidazole rings is 1. The fraction of sp³-hybridized carbons (Fsp3) is 0. The maximum absolute atomic E-state index is 14.1. The van der Waals surface area contributed by atoms with E-state index in [-0.39, 0.29) is 5.43 Å². The van der Waals surface area contributed by atoms with Gasteiger partial charge in [-0.15, -0.1) is 11.3 Å². The average molecular weight is 801 g/mol. The SMILES string of the molecule is O=c1c2ccccc2sc2cc3nc(-c4ccc(-c5nc(-c6ccccc6)nc(-c6ccccc6)n5)cc4)n(-c4ccc5c(c4)c4ccccc4n5-c4ccccc4)c3cc12. The second-order valence-electron chi connectivity index (χ2n) is 15.0. The molecule has 286 valence electrons. The van der Waals surface area contributed by atoms with Gasteiger partial charge in [0.1, 0.15) is 5.82 Å². The van der Waals surface area contributed by atoms with E-state index in [1.54, 1.807) is 11.3 Å². The van der Waals surface area contributed by atoms with Gasteiger partial charge in [-0.1, -0.05) is 133 Å². The summed E-state index contributed by atoms with van der Waals surface area (Å²) >= 11 is 1.62. The molecule has 0 saturated carbocycles. The first kappa shape index (κ1) is 34.9. The van der Waals surface area contributed by atoms with Crippen molar-refractivity contribution < 1.29 is 0 Å². The summed E-state index contributed by atoms with van der Waals surface area (Å²) < 4.78 is 6.37. The van der Waals surface area contributed by atoms with Gasteiger partial charge < -0.3 is 4.57 Å². The second kappa shape index (κ2) is 14.0. The fourth-order valence-corrected chi connectivity index (χ4v) is 9.58. The molecule has 0 saturated heterocycles. The van der Waals surface area contributed by atoms with Crippen LogP contribution in [-0.2, 0) is 0 Å².